The molecule has 6 heteroatoms. The molecule has 0 aliphatic heterocycles. The van der Waals surface area contributed by atoms with Gasteiger partial charge >= 0.3 is 17.9 Å². The molecule has 0 aromatic carbocycles. The van der Waals surface area contributed by atoms with Crippen LogP contribution in [0.1, 0.15) is 348 Å². The molecule has 6 nitrogen and oxygen atoms in total. The Kier molecular flexibility index (Phi) is 66.7. The second-order valence-electron chi connectivity index (χ2n) is 23.4. The van der Waals surface area contributed by atoms with E-state index in [9.17, 15) is 14.4 Å². The monoisotopic (exact) mass is 1140 g/mol. The van der Waals surface area contributed by atoms with Gasteiger partial charge in [0.15, 0.2) is 6.10 Å². The van der Waals surface area contributed by atoms with Crippen LogP contribution in [0.5, 0.6) is 0 Å². The molecule has 0 saturated heterocycles. The highest BCUT2D eigenvalue weighted by Crippen LogP contribution is 2.17. The Hall–Kier alpha value is -3.67. The van der Waals surface area contributed by atoms with Gasteiger partial charge in [0.05, 0.1) is 6.42 Å². The van der Waals surface area contributed by atoms with Crippen molar-refractivity contribution in [1.29, 1.82) is 0 Å². The summed E-state index contributed by atoms with van der Waals surface area (Å²) in [5, 5.41) is 0. The van der Waals surface area contributed by atoms with Crippen molar-refractivity contribution < 1.29 is 28.6 Å². The van der Waals surface area contributed by atoms with Crippen LogP contribution in [0.4, 0.5) is 0 Å². The van der Waals surface area contributed by atoms with Crippen molar-refractivity contribution in [1.82, 2.24) is 0 Å². The van der Waals surface area contributed by atoms with Gasteiger partial charge in [-0.25, -0.2) is 0 Å². The number of hydrogen-bond donors (Lipinski definition) is 0. The highest BCUT2D eigenvalue weighted by molar-refractivity contribution is 5.72. The van der Waals surface area contributed by atoms with E-state index in [2.05, 4.69) is 106 Å². The van der Waals surface area contributed by atoms with Gasteiger partial charge in [-0.15, -0.1) is 0 Å². The number of allylic oxidation sites excluding steroid dienone is 15. The smallest absolute Gasteiger partial charge is 0.309 e. The summed E-state index contributed by atoms with van der Waals surface area (Å²) in [6.07, 6.45) is 94.8. The third kappa shape index (κ3) is 67.1. The molecule has 0 aromatic heterocycles. The molecule has 0 aromatic rings. The first-order valence-electron chi connectivity index (χ1n) is 35.2. The van der Waals surface area contributed by atoms with Gasteiger partial charge in [0.2, 0.25) is 0 Å². The van der Waals surface area contributed by atoms with Crippen molar-refractivity contribution in [2.24, 2.45) is 0 Å². The van der Waals surface area contributed by atoms with Crippen molar-refractivity contribution in [2.75, 3.05) is 13.2 Å². The molecule has 0 rings (SSSR count). The Morgan fingerprint density at radius 1 is 0.268 bits per heavy atom. The van der Waals surface area contributed by atoms with E-state index < -0.39 is 12.1 Å². The number of rotatable bonds is 64. The molecule has 82 heavy (non-hydrogen) atoms. The summed E-state index contributed by atoms with van der Waals surface area (Å²) in [6, 6.07) is 0. The van der Waals surface area contributed by atoms with E-state index >= 15 is 0 Å². The van der Waals surface area contributed by atoms with Gasteiger partial charge in [0.1, 0.15) is 13.2 Å². The number of carbonyl (C=O) groups is 3. The fourth-order valence-electron chi connectivity index (χ4n) is 10.1. The Morgan fingerprint density at radius 2 is 0.524 bits per heavy atom. The quantitative estimate of drug-likeness (QED) is 0.0261. The minimum Gasteiger partial charge on any atom is -0.462 e. The van der Waals surface area contributed by atoms with Gasteiger partial charge in [-0.05, 0) is 103 Å². The zero-order chi connectivity index (χ0) is 59.2. The minimum absolute atomic E-state index is 0.108. The molecular formula is C76H132O6. The average molecular weight is 1140 g/mol. The maximum atomic E-state index is 12.9. The standard InChI is InChI=1S/C76H132O6/c1-4-7-10-13-16-19-22-25-28-30-31-32-33-34-35-36-37-38-39-40-41-42-43-44-45-46-49-51-54-57-60-63-66-69-75(78)81-72-73(71-80-74(77)68-65-62-59-56-53-50-47-27-24-21-18-15-12-9-6-3)82-76(79)70-67-64-61-58-55-52-48-29-26-23-20-17-14-11-8-5-2/h9,12,18,21-22,25,27,29-31,47-48,53,56,62,65,73H,4-8,10-11,13-17,19-20,23-24,26,28,32-46,49-52,54-55,57-61,63-64,66-72H2,1-3H3/b12-9-,21-18-,25-22-,31-30-,47-27-,48-29-,56-53-,65-62-. The fourth-order valence-corrected chi connectivity index (χ4v) is 10.1. The van der Waals surface area contributed by atoms with Crippen LogP contribution < -0.4 is 0 Å². The van der Waals surface area contributed by atoms with Crippen LogP contribution in [0.2, 0.25) is 0 Å². The van der Waals surface area contributed by atoms with E-state index in [-0.39, 0.29) is 31.6 Å². The van der Waals surface area contributed by atoms with Crippen molar-refractivity contribution in [2.45, 2.75) is 354 Å². The zero-order valence-corrected chi connectivity index (χ0v) is 54.2. The van der Waals surface area contributed by atoms with Crippen molar-refractivity contribution >= 4 is 17.9 Å². The molecule has 0 amide bonds. The first-order valence-corrected chi connectivity index (χ1v) is 35.2. The Bertz CT molecular complexity index is 1590. The van der Waals surface area contributed by atoms with E-state index in [1.165, 1.54) is 218 Å². The number of unbranched alkanes of at least 4 members (excludes halogenated alkanes) is 38. The zero-order valence-electron chi connectivity index (χ0n) is 54.2. The van der Waals surface area contributed by atoms with Crippen molar-refractivity contribution in [3.05, 3.63) is 97.2 Å². The SMILES string of the molecule is CC/C=C\C/C=C\C/C=C\C/C=C\C/C=C\CC(=O)OCC(COC(=O)CCCCCCCCCCCCCCCCCCCCCCC/C=C\C/C=C\CCCCCCC)OC(=O)CCCCCCC/C=C\CCCCCCCCC. The van der Waals surface area contributed by atoms with Gasteiger partial charge in [0.25, 0.3) is 0 Å². The molecule has 0 aliphatic rings. The first kappa shape index (κ1) is 78.3. The Balaban J connectivity index is 4.22. The fraction of sp³-hybridized carbons (Fsp3) is 0.750. The maximum Gasteiger partial charge on any atom is 0.309 e. The Labute approximate surface area is 508 Å². The third-order valence-corrected chi connectivity index (χ3v) is 15.3. The van der Waals surface area contributed by atoms with Crippen LogP contribution in [0.3, 0.4) is 0 Å². The summed E-state index contributed by atoms with van der Waals surface area (Å²) in [5.41, 5.74) is 0. The maximum absolute atomic E-state index is 12.9. The molecule has 0 heterocycles. The normalized spacial score (nSPS) is 12.7. The van der Waals surface area contributed by atoms with E-state index in [1.807, 2.05) is 6.08 Å². The minimum atomic E-state index is -0.822. The van der Waals surface area contributed by atoms with Crippen LogP contribution in [0.25, 0.3) is 0 Å². The molecule has 0 N–H and O–H groups in total. The number of carbonyl (C=O) groups excluding carboxylic acids is 3. The second-order valence-corrected chi connectivity index (χ2v) is 23.4. The van der Waals surface area contributed by atoms with Crippen LogP contribution >= 0.6 is 0 Å². The highest BCUT2D eigenvalue weighted by atomic mass is 16.6. The molecule has 0 saturated carbocycles. The van der Waals surface area contributed by atoms with Gasteiger partial charge in [-0.3, -0.25) is 14.4 Å². The third-order valence-electron chi connectivity index (χ3n) is 15.3. The Morgan fingerprint density at radius 3 is 0.866 bits per heavy atom. The lowest BCUT2D eigenvalue weighted by atomic mass is 10.0. The molecule has 0 bridgehead atoms. The molecule has 1 unspecified atom stereocenters. The van der Waals surface area contributed by atoms with Crippen molar-refractivity contribution in [3.8, 4) is 0 Å². The predicted molar refractivity (Wildman–Crippen MR) is 357 cm³/mol. The van der Waals surface area contributed by atoms with Crippen LogP contribution in [-0.2, 0) is 28.6 Å². The summed E-state index contributed by atoms with van der Waals surface area (Å²) in [6.45, 7) is 6.45. The summed E-state index contributed by atoms with van der Waals surface area (Å²) in [4.78, 5) is 38.3. The first-order chi connectivity index (χ1) is 40.5. The van der Waals surface area contributed by atoms with E-state index in [1.54, 1.807) is 6.08 Å². The van der Waals surface area contributed by atoms with Gasteiger partial charge in [0, 0.05) is 12.8 Å². The summed E-state index contributed by atoms with van der Waals surface area (Å²) in [7, 11) is 0. The number of hydrogen-bond acceptors (Lipinski definition) is 6. The van der Waals surface area contributed by atoms with Gasteiger partial charge in [-0.1, -0.05) is 323 Å². The lowest BCUT2D eigenvalue weighted by molar-refractivity contribution is -0.166. The topological polar surface area (TPSA) is 78.9 Å². The molecule has 472 valence electrons. The van der Waals surface area contributed by atoms with Crippen LogP contribution in [0, 0.1) is 0 Å². The molecule has 0 aliphatic carbocycles. The largest absolute Gasteiger partial charge is 0.462 e. The molecule has 0 spiro atoms. The average Bonchev–Trinajstić information content (AvgIpc) is 3.47. The van der Waals surface area contributed by atoms with Gasteiger partial charge in [-0.2, -0.15) is 0 Å². The van der Waals surface area contributed by atoms with Crippen molar-refractivity contribution in [3.63, 3.8) is 0 Å². The molecular weight excluding hydrogens is 1010 g/mol. The van der Waals surface area contributed by atoms with E-state index in [4.69, 9.17) is 14.2 Å². The van der Waals surface area contributed by atoms with Crippen LogP contribution in [0.15, 0.2) is 97.2 Å². The summed E-state index contributed by atoms with van der Waals surface area (Å²) >= 11 is 0. The lowest BCUT2D eigenvalue weighted by Gasteiger charge is -2.18. The summed E-state index contributed by atoms with van der Waals surface area (Å²) in [5.74, 6) is -1.04. The molecule has 0 fully saturated rings. The lowest BCUT2D eigenvalue weighted by Crippen LogP contribution is -2.30. The second kappa shape index (κ2) is 69.8. The number of ether oxygens (including phenoxy) is 3. The summed E-state index contributed by atoms with van der Waals surface area (Å²) < 4.78 is 16.8. The van der Waals surface area contributed by atoms with Crippen LogP contribution in [-0.4, -0.2) is 37.2 Å². The van der Waals surface area contributed by atoms with Gasteiger partial charge < -0.3 is 14.2 Å². The van der Waals surface area contributed by atoms with E-state index in [0.717, 1.165) is 89.9 Å². The number of esters is 3. The predicted octanol–water partition coefficient (Wildman–Crippen LogP) is 24.4. The highest BCUT2D eigenvalue weighted by Gasteiger charge is 2.19. The molecule has 1 atom stereocenters. The molecule has 0 radical (unpaired) electrons. The van der Waals surface area contributed by atoms with E-state index in [0.29, 0.717) is 12.8 Å².